The van der Waals surface area contributed by atoms with Crippen molar-refractivity contribution >= 4 is 11.9 Å². The summed E-state index contributed by atoms with van der Waals surface area (Å²) in [7, 11) is 1.42. The minimum absolute atomic E-state index is 0.176. The van der Waals surface area contributed by atoms with Crippen molar-refractivity contribution < 1.29 is 19.4 Å². The molecule has 4 aliphatic carbocycles. The predicted octanol–water partition coefficient (Wildman–Crippen LogP) is 2.22. The molecule has 0 aromatic heterocycles. The van der Waals surface area contributed by atoms with E-state index in [0.29, 0.717) is 18.3 Å². The molecule has 0 saturated heterocycles. The van der Waals surface area contributed by atoms with Crippen molar-refractivity contribution in [3.63, 3.8) is 0 Å². The highest BCUT2D eigenvalue weighted by Crippen LogP contribution is 2.63. The zero-order chi connectivity index (χ0) is 13.0. The van der Waals surface area contributed by atoms with Crippen LogP contribution in [-0.2, 0) is 14.3 Å². The van der Waals surface area contributed by atoms with E-state index >= 15 is 0 Å². The topological polar surface area (TPSA) is 63.6 Å². The van der Waals surface area contributed by atoms with E-state index in [1.165, 1.54) is 7.11 Å². The van der Waals surface area contributed by atoms with Crippen LogP contribution >= 0.6 is 0 Å². The third-order valence-electron chi connectivity index (χ3n) is 5.45. The molecule has 0 aromatic carbocycles. The van der Waals surface area contributed by atoms with Crippen LogP contribution in [0.5, 0.6) is 0 Å². The van der Waals surface area contributed by atoms with Crippen LogP contribution in [-0.4, -0.2) is 24.2 Å². The lowest BCUT2D eigenvalue weighted by atomic mass is 9.51. The molecule has 0 unspecified atom stereocenters. The Morgan fingerprint density at radius 1 is 1.06 bits per heavy atom. The van der Waals surface area contributed by atoms with Crippen molar-refractivity contribution in [1.29, 1.82) is 0 Å². The highest BCUT2D eigenvalue weighted by Gasteiger charge is 2.61. The molecule has 4 nitrogen and oxygen atoms in total. The summed E-state index contributed by atoms with van der Waals surface area (Å²) < 4.78 is 4.98. The Morgan fingerprint density at radius 2 is 1.56 bits per heavy atom. The Hall–Kier alpha value is -1.06. The molecule has 1 N–H and O–H groups in total. The van der Waals surface area contributed by atoms with E-state index in [-0.39, 0.29) is 5.97 Å². The molecule has 0 heterocycles. The summed E-state index contributed by atoms with van der Waals surface area (Å²) in [5.74, 6) is -0.0978. The third kappa shape index (κ3) is 1.50. The Kier molecular flexibility index (Phi) is 2.48. The third-order valence-corrected chi connectivity index (χ3v) is 5.45. The molecule has 4 fully saturated rings. The van der Waals surface area contributed by atoms with Crippen molar-refractivity contribution in [1.82, 2.24) is 0 Å². The molecule has 18 heavy (non-hydrogen) atoms. The van der Waals surface area contributed by atoms with E-state index in [4.69, 9.17) is 4.74 Å². The Balaban J connectivity index is 2.04. The molecule has 0 aromatic rings. The first-order chi connectivity index (χ1) is 8.50. The lowest BCUT2D eigenvalue weighted by Gasteiger charge is -2.51. The van der Waals surface area contributed by atoms with Gasteiger partial charge in [-0.05, 0) is 43.9 Å². The molecule has 4 heteroatoms. The zero-order valence-electron chi connectivity index (χ0n) is 10.8. The number of methoxy groups -OCH3 is 1. The zero-order valence-corrected chi connectivity index (χ0v) is 10.8. The van der Waals surface area contributed by atoms with E-state index in [9.17, 15) is 14.7 Å². The molecule has 4 saturated carbocycles. The first-order valence-corrected chi connectivity index (χ1v) is 6.82. The van der Waals surface area contributed by atoms with Crippen molar-refractivity contribution in [3.05, 3.63) is 0 Å². The van der Waals surface area contributed by atoms with Crippen LogP contribution in [0.15, 0.2) is 0 Å². The van der Waals surface area contributed by atoms with Gasteiger partial charge in [0.15, 0.2) is 0 Å². The minimum atomic E-state index is -0.702. The monoisotopic (exact) mass is 252 g/mol. The van der Waals surface area contributed by atoms with Gasteiger partial charge in [0.2, 0.25) is 0 Å². The highest BCUT2D eigenvalue weighted by molar-refractivity contribution is 5.81. The molecule has 0 radical (unpaired) electrons. The number of fused-ring (bicyclic) bond motifs is 1. The maximum Gasteiger partial charge on any atom is 0.311 e. The first-order valence-electron chi connectivity index (χ1n) is 6.82. The molecule has 4 rings (SSSR count). The standard InChI is InChI=1S/C14H20O4/c1-18-12(17)14-6-9-2-3-10(7-14)5-13(4-9,8-14)11(15)16/h9-10H,2-8H2,1H3,(H,15,16)/t9-,10-,13?,14?/m1/s1. The Morgan fingerprint density at radius 3 is 2.00 bits per heavy atom. The van der Waals surface area contributed by atoms with Gasteiger partial charge in [0.1, 0.15) is 0 Å². The molecule has 0 spiro atoms. The summed E-state index contributed by atoms with van der Waals surface area (Å²) in [5.41, 5.74) is -1.16. The quantitative estimate of drug-likeness (QED) is 0.765. The summed E-state index contributed by atoms with van der Waals surface area (Å²) in [5, 5.41) is 9.62. The van der Waals surface area contributed by atoms with Crippen LogP contribution in [0.4, 0.5) is 0 Å². The van der Waals surface area contributed by atoms with E-state index in [1.807, 2.05) is 0 Å². The average molecular weight is 252 g/mol. The molecular formula is C14H20O4. The number of aliphatic carboxylic acids is 1. The summed E-state index contributed by atoms with van der Waals surface area (Å²) in [6.07, 6.45) is 5.86. The molecule has 4 aliphatic rings. The molecule has 2 atom stereocenters. The van der Waals surface area contributed by atoms with Crippen molar-refractivity contribution in [2.75, 3.05) is 7.11 Å². The van der Waals surface area contributed by atoms with Gasteiger partial charge in [-0.2, -0.15) is 0 Å². The number of hydrogen-bond donors (Lipinski definition) is 1. The number of carboxylic acids is 1. The van der Waals surface area contributed by atoms with Crippen molar-refractivity contribution in [2.45, 2.75) is 44.9 Å². The fourth-order valence-corrected chi connectivity index (χ4v) is 5.04. The van der Waals surface area contributed by atoms with Gasteiger partial charge in [-0.1, -0.05) is 12.8 Å². The van der Waals surface area contributed by atoms with Crippen LogP contribution < -0.4 is 0 Å². The average Bonchev–Trinajstić information content (AvgIpc) is 2.54. The Labute approximate surface area is 107 Å². The first kappa shape index (κ1) is 12.0. The number of esters is 1. The lowest BCUT2D eigenvalue weighted by molar-refractivity contribution is -0.175. The second-order valence-corrected chi connectivity index (χ2v) is 6.66. The normalized spacial score (nSPS) is 45.6. The number of hydrogen-bond acceptors (Lipinski definition) is 3. The summed E-state index contributed by atoms with van der Waals surface area (Å²) in [6, 6.07) is 0. The summed E-state index contributed by atoms with van der Waals surface area (Å²) in [6.45, 7) is 0. The van der Waals surface area contributed by atoms with E-state index in [2.05, 4.69) is 0 Å². The summed E-state index contributed by atoms with van der Waals surface area (Å²) in [4.78, 5) is 23.9. The van der Waals surface area contributed by atoms with Gasteiger partial charge >= 0.3 is 11.9 Å². The molecule has 100 valence electrons. The van der Waals surface area contributed by atoms with Crippen LogP contribution in [0, 0.1) is 22.7 Å². The molecule has 0 aliphatic heterocycles. The van der Waals surface area contributed by atoms with E-state index < -0.39 is 16.8 Å². The van der Waals surface area contributed by atoms with Crippen LogP contribution in [0.25, 0.3) is 0 Å². The number of rotatable bonds is 2. The van der Waals surface area contributed by atoms with Gasteiger partial charge in [-0.25, -0.2) is 0 Å². The number of carbonyl (C=O) groups excluding carboxylic acids is 1. The molecule has 4 bridgehead atoms. The molecule has 0 amide bonds. The van der Waals surface area contributed by atoms with E-state index in [1.54, 1.807) is 0 Å². The van der Waals surface area contributed by atoms with Gasteiger partial charge in [-0.15, -0.1) is 0 Å². The van der Waals surface area contributed by atoms with Gasteiger partial charge in [0.05, 0.1) is 17.9 Å². The smallest absolute Gasteiger partial charge is 0.311 e. The fourth-order valence-electron chi connectivity index (χ4n) is 5.04. The maximum atomic E-state index is 12.2. The Bertz CT molecular complexity index is 385. The van der Waals surface area contributed by atoms with E-state index in [0.717, 1.165) is 38.5 Å². The highest BCUT2D eigenvalue weighted by atomic mass is 16.5. The van der Waals surface area contributed by atoms with Crippen molar-refractivity contribution in [3.8, 4) is 0 Å². The fraction of sp³-hybridized carbons (Fsp3) is 0.857. The van der Waals surface area contributed by atoms with Crippen LogP contribution in [0.3, 0.4) is 0 Å². The van der Waals surface area contributed by atoms with Gasteiger partial charge in [-0.3, -0.25) is 9.59 Å². The lowest BCUT2D eigenvalue weighted by Crippen LogP contribution is -2.52. The van der Waals surface area contributed by atoms with Gasteiger partial charge in [0.25, 0.3) is 0 Å². The van der Waals surface area contributed by atoms with Crippen molar-refractivity contribution in [2.24, 2.45) is 22.7 Å². The summed E-state index contributed by atoms with van der Waals surface area (Å²) >= 11 is 0. The maximum absolute atomic E-state index is 12.2. The number of carboxylic acid groups (broad SMARTS) is 1. The largest absolute Gasteiger partial charge is 0.481 e. The number of carbonyl (C=O) groups is 2. The second-order valence-electron chi connectivity index (χ2n) is 6.66. The minimum Gasteiger partial charge on any atom is -0.481 e. The van der Waals surface area contributed by atoms with Crippen LogP contribution in [0.2, 0.25) is 0 Å². The molecular weight excluding hydrogens is 232 g/mol. The predicted molar refractivity (Wildman–Crippen MR) is 63.8 cm³/mol. The van der Waals surface area contributed by atoms with Gasteiger partial charge < -0.3 is 9.84 Å². The SMILES string of the molecule is COC(=O)C12C[C@@H]3CC[C@H](CC(C(=O)O)(C3)C1)C2. The van der Waals surface area contributed by atoms with Gasteiger partial charge in [0, 0.05) is 0 Å². The van der Waals surface area contributed by atoms with Crippen LogP contribution in [0.1, 0.15) is 44.9 Å². The number of ether oxygens (including phenoxy) is 1. The second kappa shape index (κ2) is 3.72.